The van der Waals surface area contributed by atoms with Crippen LogP contribution in [0.5, 0.6) is 0 Å². The molecular weight excluding hydrogens is 196 g/mol. The molecule has 0 heterocycles. The number of hydrogen-bond donors (Lipinski definition) is 0. The van der Waals surface area contributed by atoms with Gasteiger partial charge in [-0.25, -0.2) is 0 Å². The van der Waals surface area contributed by atoms with E-state index in [0.29, 0.717) is 0 Å². The molecule has 0 bridgehead atoms. The summed E-state index contributed by atoms with van der Waals surface area (Å²) >= 11 is 0. The molecule has 0 aliphatic heterocycles. The van der Waals surface area contributed by atoms with Crippen molar-refractivity contribution in [2.24, 2.45) is 0 Å². The summed E-state index contributed by atoms with van der Waals surface area (Å²) < 4.78 is 0. The van der Waals surface area contributed by atoms with Crippen molar-refractivity contribution in [2.75, 3.05) is 0 Å². The Morgan fingerprint density at radius 3 is 2.27 bits per heavy atom. The molecule has 15 heavy (non-hydrogen) atoms. The lowest BCUT2D eigenvalue weighted by Gasteiger charge is -2.28. The summed E-state index contributed by atoms with van der Waals surface area (Å²) in [5.41, 5.74) is 2.42. The molecule has 84 valence electrons. The fourth-order valence-corrected chi connectivity index (χ4v) is 3.39. The van der Waals surface area contributed by atoms with E-state index in [1.54, 1.807) is 0 Å². The maximum atomic E-state index is 2.52. The van der Waals surface area contributed by atoms with E-state index in [2.05, 4.69) is 57.3 Å². The van der Waals surface area contributed by atoms with Gasteiger partial charge in [0.25, 0.3) is 0 Å². The Morgan fingerprint density at radius 1 is 1.13 bits per heavy atom. The maximum Gasteiger partial charge on any atom is 0.0499 e. The van der Waals surface area contributed by atoms with Gasteiger partial charge in [-0.15, -0.1) is 0 Å². The zero-order valence-electron chi connectivity index (χ0n) is 10.6. The molecule has 0 saturated heterocycles. The summed E-state index contributed by atoms with van der Waals surface area (Å²) in [5, 5.41) is 0. The van der Waals surface area contributed by atoms with Gasteiger partial charge in [-0.3, -0.25) is 0 Å². The van der Waals surface area contributed by atoms with Gasteiger partial charge in [0, 0.05) is 8.07 Å². The van der Waals surface area contributed by atoms with Gasteiger partial charge in [-0.2, -0.15) is 0 Å². The summed E-state index contributed by atoms with van der Waals surface area (Å²) in [5.74, 6) is 0. The molecule has 1 unspecified atom stereocenters. The third kappa shape index (κ3) is 3.82. The predicted molar refractivity (Wildman–Crippen MR) is 72.2 cm³/mol. The third-order valence-electron chi connectivity index (χ3n) is 3.95. The first-order valence-corrected chi connectivity index (χ1v) is 9.38. The molecule has 0 aliphatic rings. The van der Waals surface area contributed by atoms with E-state index in [1.165, 1.54) is 24.4 Å². The SMILES string of the molecule is CC[Si](C)(C)C(C)CCc1ccccc1. The first-order valence-electron chi connectivity index (χ1n) is 6.10. The average molecular weight is 220 g/mol. The lowest BCUT2D eigenvalue weighted by atomic mass is 10.1. The highest BCUT2D eigenvalue weighted by molar-refractivity contribution is 6.78. The van der Waals surface area contributed by atoms with Crippen LogP contribution >= 0.6 is 0 Å². The van der Waals surface area contributed by atoms with Gasteiger partial charge < -0.3 is 0 Å². The van der Waals surface area contributed by atoms with Crippen LogP contribution in [-0.4, -0.2) is 8.07 Å². The molecule has 0 aliphatic carbocycles. The van der Waals surface area contributed by atoms with E-state index < -0.39 is 8.07 Å². The molecule has 1 aromatic carbocycles. The molecule has 0 aromatic heterocycles. The Bertz CT molecular complexity index is 277. The van der Waals surface area contributed by atoms with Gasteiger partial charge in [-0.05, 0) is 23.9 Å². The van der Waals surface area contributed by atoms with E-state index in [4.69, 9.17) is 0 Å². The Balaban J connectivity index is 2.44. The zero-order valence-corrected chi connectivity index (χ0v) is 11.6. The Hall–Kier alpha value is -0.563. The van der Waals surface area contributed by atoms with E-state index in [9.17, 15) is 0 Å². The molecule has 0 spiro atoms. The van der Waals surface area contributed by atoms with Crippen LogP contribution in [0.1, 0.15) is 25.8 Å². The normalized spacial score (nSPS) is 13.9. The molecule has 0 saturated carbocycles. The molecule has 1 aromatic rings. The van der Waals surface area contributed by atoms with Crippen molar-refractivity contribution in [3.05, 3.63) is 35.9 Å². The van der Waals surface area contributed by atoms with E-state index in [0.717, 1.165) is 5.54 Å². The van der Waals surface area contributed by atoms with Crippen molar-refractivity contribution in [3.8, 4) is 0 Å². The molecule has 0 radical (unpaired) electrons. The van der Waals surface area contributed by atoms with Crippen molar-refractivity contribution in [1.82, 2.24) is 0 Å². The Kier molecular flexibility index (Phi) is 4.59. The van der Waals surface area contributed by atoms with Crippen molar-refractivity contribution in [2.45, 2.75) is 51.4 Å². The van der Waals surface area contributed by atoms with Gasteiger partial charge in [0.2, 0.25) is 0 Å². The number of rotatable bonds is 5. The van der Waals surface area contributed by atoms with Crippen LogP contribution in [0.4, 0.5) is 0 Å². The third-order valence-corrected chi connectivity index (χ3v) is 8.73. The maximum absolute atomic E-state index is 2.52. The summed E-state index contributed by atoms with van der Waals surface area (Å²) in [7, 11) is -0.935. The van der Waals surface area contributed by atoms with Crippen LogP contribution in [-0.2, 0) is 6.42 Å². The molecule has 0 amide bonds. The van der Waals surface area contributed by atoms with Gasteiger partial charge in [0.05, 0.1) is 0 Å². The zero-order chi connectivity index (χ0) is 11.3. The molecule has 0 fully saturated rings. The molecular formula is C14H24Si. The van der Waals surface area contributed by atoms with Crippen molar-refractivity contribution >= 4 is 8.07 Å². The topological polar surface area (TPSA) is 0 Å². The van der Waals surface area contributed by atoms with Gasteiger partial charge >= 0.3 is 0 Å². The smallest absolute Gasteiger partial charge is 0.0499 e. The van der Waals surface area contributed by atoms with Crippen molar-refractivity contribution in [3.63, 3.8) is 0 Å². The van der Waals surface area contributed by atoms with Crippen LogP contribution in [0, 0.1) is 0 Å². The Morgan fingerprint density at radius 2 is 1.73 bits per heavy atom. The molecule has 1 atom stereocenters. The first-order chi connectivity index (χ1) is 7.06. The quantitative estimate of drug-likeness (QED) is 0.629. The predicted octanol–water partition coefficient (Wildman–Crippen LogP) is 4.74. The minimum Gasteiger partial charge on any atom is -0.0692 e. The molecule has 1 rings (SSSR count). The standard InChI is InChI=1S/C14H24Si/c1-5-15(3,4)13(2)11-12-14-9-7-6-8-10-14/h6-10,13H,5,11-12H2,1-4H3. The van der Waals surface area contributed by atoms with E-state index in [-0.39, 0.29) is 0 Å². The molecule has 1 heteroatoms. The van der Waals surface area contributed by atoms with Crippen molar-refractivity contribution < 1.29 is 0 Å². The van der Waals surface area contributed by atoms with Gasteiger partial charge in [0.1, 0.15) is 0 Å². The number of aryl methyl sites for hydroxylation is 1. The van der Waals surface area contributed by atoms with Gasteiger partial charge in [0.15, 0.2) is 0 Å². The summed E-state index contributed by atoms with van der Waals surface area (Å²) in [6, 6.07) is 12.3. The lowest BCUT2D eigenvalue weighted by molar-refractivity contribution is 0.761. The minimum atomic E-state index is -0.935. The largest absolute Gasteiger partial charge is 0.0692 e. The lowest BCUT2D eigenvalue weighted by Crippen LogP contribution is -2.29. The highest BCUT2D eigenvalue weighted by Crippen LogP contribution is 2.29. The highest BCUT2D eigenvalue weighted by atomic mass is 28.3. The monoisotopic (exact) mass is 220 g/mol. The van der Waals surface area contributed by atoms with E-state index in [1.807, 2.05) is 0 Å². The highest BCUT2D eigenvalue weighted by Gasteiger charge is 2.25. The number of benzene rings is 1. The Labute approximate surface area is 95.7 Å². The fourth-order valence-electron chi connectivity index (χ4n) is 1.77. The summed E-state index contributed by atoms with van der Waals surface area (Å²) in [6.07, 6.45) is 2.61. The van der Waals surface area contributed by atoms with Crippen LogP contribution < -0.4 is 0 Å². The summed E-state index contributed by atoms with van der Waals surface area (Å²) in [4.78, 5) is 0. The van der Waals surface area contributed by atoms with Crippen molar-refractivity contribution in [1.29, 1.82) is 0 Å². The molecule has 0 nitrogen and oxygen atoms in total. The van der Waals surface area contributed by atoms with Crippen LogP contribution in [0.3, 0.4) is 0 Å². The minimum absolute atomic E-state index is 0.933. The van der Waals surface area contributed by atoms with E-state index >= 15 is 0 Å². The fraction of sp³-hybridized carbons (Fsp3) is 0.571. The van der Waals surface area contributed by atoms with Crippen LogP contribution in [0.15, 0.2) is 30.3 Å². The second-order valence-corrected chi connectivity index (χ2v) is 10.9. The van der Waals surface area contributed by atoms with Crippen LogP contribution in [0.25, 0.3) is 0 Å². The summed E-state index contributed by atoms with van der Waals surface area (Å²) in [6.45, 7) is 9.83. The first kappa shape index (κ1) is 12.5. The van der Waals surface area contributed by atoms with Gasteiger partial charge in [-0.1, -0.05) is 63.3 Å². The molecule has 0 N–H and O–H groups in total. The van der Waals surface area contributed by atoms with Crippen LogP contribution in [0.2, 0.25) is 24.7 Å². The second kappa shape index (κ2) is 5.50. The number of hydrogen-bond acceptors (Lipinski definition) is 0. The second-order valence-electron chi connectivity index (χ2n) is 5.27. The average Bonchev–Trinajstić information content (AvgIpc) is 2.27.